The van der Waals surface area contributed by atoms with E-state index in [1.165, 1.54) is 0 Å². The monoisotopic (exact) mass is 204 g/mol. The SMILES string of the molecule is CC.CC#CCOc1ccc(C=O)cc1. The molecule has 0 radical (unpaired) electrons. The molecule has 0 spiro atoms. The molecular weight excluding hydrogens is 188 g/mol. The molecule has 1 aromatic carbocycles. The second-order valence-corrected chi connectivity index (χ2v) is 2.40. The Morgan fingerprint density at radius 3 is 2.33 bits per heavy atom. The molecule has 15 heavy (non-hydrogen) atoms. The molecule has 0 aliphatic carbocycles. The summed E-state index contributed by atoms with van der Waals surface area (Å²) in [6.45, 7) is 6.15. The second-order valence-electron chi connectivity index (χ2n) is 2.40. The number of carbonyl (C=O) groups excluding carboxylic acids is 1. The topological polar surface area (TPSA) is 26.3 Å². The van der Waals surface area contributed by atoms with Gasteiger partial charge in [0.2, 0.25) is 0 Å². The Labute approximate surface area is 91.3 Å². The van der Waals surface area contributed by atoms with Crippen molar-refractivity contribution in [1.29, 1.82) is 0 Å². The molecule has 0 atom stereocenters. The van der Waals surface area contributed by atoms with E-state index in [9.17, 15) is 4.79 Å². The third kappa shape index (κ3) is 5.53. The molecule has 0 saturated heterocycles. The molecule has 0 fully saturated rings. The van der Waals surface area contributed by atoms with Gasteiger partial charge in [0.1, 0.15) is 18.6 Å². The van der Waals surface area contributed by atoms with Crippen LogP contribution in [-0.4, -0.2) is 12.9 Å². The van der Waals surface area contributed by atoms with Crippen molar-refractivity contribution in [3.05, 3.63) is 29.8 Å². The fourth-order valence-corrected chi connectivity index (χ4v) is 0.834. The maximum atomic E-state index is 10.3. The van der Waals surface area contributed by atoms with Crippen LogP contribution in [0.1, 0.15) is 31.1 Å². The molecule has 0 unspecified atom stereocenters. The smallest absolute Gasteiger partial charge is 0.150 e. The van der Waals surface area contributed by atoms with E-state index in [0.717, 1.165) is 12.0 Å². The van der Waals surface area contributed by atoms with Crippen LogP contribution in [-0.2, 0) is 0 Å². The van der Waals surface area contributed by atoms with Gasteiger partial charge in [0.15, 0.2) is 0 Å². The van der Waals surface area contributed by atoms with Crippen molar-refractivity contribution in [2.45, 2.75) is 20.8 Å². The van der Waals surface area contributed by atoms with E-state index in [4.69, 9.17) is 4.74 Å². The zero-order chi connectivity index (χ0) is 11.5. The van der Waals surface area contributed by atoms with Gasteiger partial charge in [-0.15, -0.1) is 5.92 Å². The summed E-state index contributed by atoms with van der Waals surface area (Å²) in [5, 5.41) is 0. The van der Waals surface area contributed by atoms with Crippen molar-refractivity contribution in [3.8, 4) is 17.6 Å². The van der Waals surface area contributed by atoms with Gasteiger partial charge in [0, 0.05) is 5.56 Å². The molecule has 0 bridgehead atoms. The molecule has 0 N–H and O–H groups in total. The van der Waals surface area contributed by atoms with Crippen LogP contribution < -0.4 is 4.74 Å². The van der Waals surface area contributed by atoms with E-state index in [0.29, 0.717) is 12.2 Å². The fourth-order valence-electron chi connectivity index (χ4n) is 0.834. The van der Waals surface area contributed by atoms with Gasteiger partial charge < -0.3 is 4.74 Å². The van der Waals surface area contributed by atoms with Crippen LogP contribution >= 0.6 is 0 Å². The highest BCUT2D eigenvalue weighted by atomic mass is 16.5. The summed E-state index contributed by atoms with van der Waals surface area (Å²) in [5.41, 5.74) is 0.647. The van der Waals surface area contributed by atoms with E-state index in [1.54, 1.807) is 31.2 Å². The number of hydrogen-bond acceptors (Lipinski definition) is 2. The van der Waals surface area contributed by atoms with Gasteiger partial charge in [-0.1, -0.05) is 19.8 Å². The minimum absolute atomic E-state index is 0.386. The average Bonchev–Trinajstić information content (AvgIpc) is 2.33. The Morgan fingerprint density at radius 1 is 1.27 bits per heavy atom. The van der Waals surface area contributed by atoms with Crippen LogP contribution in [0.5, 0.6) is 5.75 Å². The molecule has 80 valence electrons. The van der Waals surface area contributed by atoms with Crippen LogP contribution in [0.3, 0.4) is 0 Å². The largest absolute Gasteiger partial charge is 0.481 e. The first kappa shape index (κ1) is 13.2. The number of benzene rings is 1. The lowest BCUT2D eigenvalue weighted by molar-refractivity contribution is 0.112. The number of rotatable bonds is 3. The molecule has 0 saturated carbocycles. The van der Waals surface area contributed by atoms with E-state index in [-0.39, 0.29) is 0 Å². The summed E-state index contributed by atoms with van der Waals surface area (Å²) >= 11 is 0. The van der Waals surface area contributed by atoms with Crippen molar-refractivity contribution in [2.75, 3.05) is 6.61 Å². The quantitative estimate of drug-likeness (QED) is 0.559. The summed E-state index contributed by atoms with van der Waals surface area (Å²) in [4.78, 5) is 10.3. The van der Waals surface area contributed by atoms with Gasteiger partial charge in [-0.05, 0) is 31.2 Å². The lowest BCUT2D eigenvalue weighted by Crippen LogP contribution is -1.93. The highest BCUT2D eigenvalue weighted by Gasteiger charge is 1.91. The molecule has 2 nitrogen and oxygen atoms in total. The van der Waals surface area contributed by atoms with Crippen LogP contribution in [0.25, 0.3) is 0 Å². The Hall–Kier alpha value is -1.75. The van der Waals surface area contributed by atoms with Crippen LogP contribution in [0.4, 0.5) is 0 Å². The number of aldehydes is 1. The molecule has 2 heteroatoms. The molecular formula is C13H16O2. The fraction of sp³-hybridized carbons (Fsp3) is 0.308. The summed E-state index contributed by atoms with van der Waals surface area (Å²) in [5.74, 6) is 6.24. The van der Waals surface area contributed by atoms with E-state index >= 15 is 0 Å². The second kappa shape index (κ2) is 8.83. The third-order valence-electron chi connectivity index (χ3n) is 1.50. The lowest BCUT2D eigenvalue weighted by Gasteiger charge is -2.00. The minimum atomic E-state index is 0.386. The summed E-state index contributed by atoms with van der Waals surface area (Å²) in [7, 11) is 0. The van der Waals surface area contributed by atoms with Crippen LogP contribution in [0, 0.1) is 11.8 Å². The number of carbonyl (C=O) groups is 1. The Kier molecular flexibility index (Phi) is 7.80. The normalized spacial score (nSPS) is 7.67. The zero-order valence-corrected chi connectivity index (χ0v) is 9.41. The van der Waals surface area contributed by atoms with Gasteiger partial charge in [0.05, 0.1) is 0 Å². The maximum Gasteiger partial charge on any atom is 0.150 e. The van der Waals surface area contributed by atoms with Crippen LogP contribution in [0.15, 0.2) is 24.3 Å². The highest BCUT2D eigenvalue weighted by molar-refractivity contribution is 5.74. The first-order valence-electron chi connectivity index (χ1n) is 4.94. The van der Waals surface area contributed by atoms with Crippen LogP contribution in [0.2, 0.25) is 0 Å². The molecule has 0 amide bonds. The molecule has 1 aromatic rings. The standard InChI is InChI=1S/C11H10O2.C2H6/c1-2-3-8-13-11-6-4-10(9-12)5-7-11;1-2/h4-7,9H,8H2,1H3;1-2H3. The first-order chi connectivity index (χ1) is 7.36. The minimum Gasteiger partial charge on any atom is -0.481 e. The Morgan fingerprint density at radius 2 is 1.87 bits per heavy atom. The van der Waals surface area contributed by atoms with Gasteiger partial charge >= 0.3 is 0 Å². The molecule has 0 aromatic heterocycles. The highest BCUT2D eigenvalue weighted by Crippen LogP contribution is 2.10. The lowest BCUT2D eigenvalue weighted by atomic mass is 10.2. The maximum absolute atomic E-state index is 10.3. The van der Waals surface area contributed by atoms with E-state index in [2.05, 4.69) is 11.8 Å². The summed E-state index contributed by atoms with van der Waals surface area (Å²) in [6, 6.07) is 6.92. The predicted molar refractivity (Wildman–Crippen MR) is 62.1 cm³/mol. The average molecular weight is 204 g/mol. The third-order valence-corrected chi connectivity index (χ3v) is 1.50. The summed E-state index contributed by atoms with van der Waals surface area (Å²) < 4.78 is 5.26. The van der Waals surface area contributed by atoms with Crippen molar-refractivity contribution < 1.29 is 9.53 Å². The van der Waals surface area contributed by atoms with Gasteiger partial charge in [0.25, 0.3) is 0 Å². The van der Waals surface area contributed by atoms with Gasteiger partial charge in [-0.2, -0.15) is 0 Å². The van der Waals surface area contributed by atoms with Crippen molar-refractivity contribution in [1.82, 2.24) is 0 Å². The van der Waals surface area contributed by atoms with Crippen molar-refractivity contribution in [2.24, 2.45) is 0 Å². The van der Waals surface area contributed by atoms with Crippen molar-refractivity contribution >= 4 is 6.29 Å². The first-order valence-corrected chi connectivity index (χ1v) is 4.94. The number of hydrogen-bond donors (Lipinski definition) is 0. The molecule has 1 rings (SSSR count). The van der Waals surface area contributed by atoms with Crippen molar-refractivity contribution in [3.63, 3.8) is 0 Å². The molecule has 0 heterocycles. The molecule has 0 aliphatic rings. The van der Waals surface area contributed by atoms with E-state index in [1.807, 2.05) is 13.8 Å². The number of ether oxygens (including phenoxy) is 1. The zero-order valence-electron chi connectivity index (χ0n) is 9.41. The van der Waals surface area contributed by atoms with Gasteiger partial charge in [-0.3, -0.25) is 4.79 Å². The summed E-state index contributed by atoms with van der Waals surface area (Å²) in [6.07, 6.45) is 0.801. The Balaban J connectivity index is 0.000000921. The predicted octanol–water partition coefficient (Wildman–Crippen LogP) is 2.93. The Bertz CT molecular complexity index is 328. The molecule has 0 aliphatic heterocycles. The van der Waals surface area contributed by atoms with E-state index < -0.39 is 0 Å². The van der Waals surface area contributed by atoms with Gasteiger partial charge in [-0.25, -0.2) is 0 Å².